The Kier molecular flexibility index (Phi) is 6.04. The van der Waals surface area contributed by atoms with E-state index in [4.69, 9.17) is 0 Å². The third-order valence-corrected chi connectivity index (χ3v) is 4.05. The van der Waals surface area contributed by atoms with Crippen molar-refractivity contribution in [3.05, 3.63) is 59.2 Å². The zero-order valence-corrected chi connectivity index (χ0v) is 13.8. The van der Waals surface area contributed by atoms with E-state index in [0.717, 1.165) is 0 Å². The Balaban J connectivity index is 2.47. The Morgan fingerprint density at radius 3 is 1.95 bits per heavy atom. The van der Waals surface area contributed by atoms with E-state index >= 15 is 0 Å². The summed E-state index contributed by atoms with van der Waals surface area (Å²) in [4.78, 5) is 0. The molecule has 0 aromatic heterocycles. The highest BCUT2D eigenvalue weighted by Crippen LogP contribution is 2.30. The van der Waals surface area contributed by atoms with Crippen molar-refractivity contribution in [3.63, 3.8) is 0 Å². The molecule has 0 saturated heterocycles. The van der Waals surface area contributed by atoms with Crippen molar-refractivity contribution in [2.75, 3.05) is 0 Å². The van der Waals surface area contributed by atoms with Gasteiger partial charge in [0.05, 0.1) is 0 Å². The van der Waals surface area contributed by atoms with Crippen LogP contribution >= 0.6 is 0 Å². The maximum Gasteiger partial charge on any atom is -0.0149 e. The lowest BCUT2D eigenvalue weighted by molar-refractivity contribution is 0.894. The molecule has 21 heavy (non-hydrogen) atoms. The molecular weight excluding hydrogens is 252 g/mol. The highest BCUT2D eigenvalue weighted by Gasteiger charge is 2.09. The Labute approximate surface area is 130 Å². The van der Waals surface area contributed by atoms with E-state index in [2.05, 4.69) is 63.2 Å². The molecular formula is C21H28. The first kappa shape index (κ1) is 15.8. The highest BCUT2D eigenvalue weighted by molar-refractivity contribution is 5.71. The minimum Gasteiger partial charge on any atom is -0.0651 e. The topological polar surface area (TPSA) is 0 Å². The number of hydrogen-bond acceptors (Lipinski definition) is 0. The van der Waals surface area contributed by atoms with Gasteiger partial charge in [-0.1, -0.05) is 82.5 Å². The van der Waals surface area contributed by atoms with Crippen molar-refractivity contribution >= 4 is 0 Å². The molecule has 0 aliphatic rings. The first-order chi connectivity index (χ1) is 10.3. The second kappa shape index (κ2) is 8.02. The van der Waals surface area contributed by atoms with Crippen molar-refractivity contribution in [2.45, 2.75) is 59.3 Å². The van der Waals surface area contributed by atoms with Gasteiger partial charge in [0.2, 0.25) is 0 Å². The molecule has 0 amide bonds. The van der Waals surface area contributed by atoms with Gasteiger partial charge in [-0.05, 0) is 47.1 Å². The van der Waals surface area contributed by atoms with E-state index in [1.165, 1.54) is 66.3 Å². The van der Waals surface area contributed by atoms with Crippen molar-refractivity contribution in [3.8, 4) is 11.1 Å². The van der Waals surface area contributed by atoms with E-state index in [1.54, 1.807) is 0 Å². The maximum atomic E-state index is 2.44. The van der Waals surface area contributed by atoms with Gasteiger partial charge < -0.3 is 0 Å². The average molecular weight is 280 g/mol. The molecule has 0 atom stereocenters. The van der Waals surface area contributed by atoms with Crippen LogP contribution < -0.4 is 0 Å². The molecule has 0 heteroatoms. The van der Waals surface area contributed by atoms with Crippen LogP contribution in [0.3, 0.4) is 0 Å². The summed E-state index contributed by atoms with van der Waals surface area (Å²) in [5.41, 5.74) is 7.37. The summed E-state index contributed by atoms with van der Waals surface area (Å²) >= 11 is 0. The molecule has 0 unspecified atom stereocenters. The van der Waals surface area contributed by atoms with Crippen LogP contribution in [-0.2, 0) is 19.3 Å². The minimum atomic E-state index is 1.17. The van der Waals surface area contributed by atoms with Gasteiger partial charge in [-0.3, -0.25) is 0 Å². The number of aryl methyl sites for hydroxylation is 3. The first-order valence-electron chi connectivity index (χ1n) is 8.50. The standard InChI is InChI=1S/C21H28/c1-4-9-17-14-15-21(19(16-17)11-6-3)20-13-8-7-12-18(20)10-5-2/h7-8,12-16H,4-6,9-11H2,1-3H3. The molecule has 0 aliphatic heterocycles. The molecule has 2 aromatic rings. The fraction of sp³-hybridized carbons (Fsp3) is 0.429. The Hall–Kier alpha value is -1.56. The van der Waals surface area contributed by atoms with Gasteiger partial charge in [0, 0.05) is 0 Å². The first-order valence-corrected chi connectivity index (χ1v) is 8.50. The van der Waals surface area contributed by atoms with Gasteiger partial charge in [0.1, 0.15) is 0 Å². The van der Waals surface area contributed by atoms with Crippen LogP contribution in [0.15, 0.2) is 42.5 Å². The number of hydrogen-bond donors (Lipinski definition) is 0. The largest absolute Gasteiger partial charge is 0.0651 e. The average Bonchev–Trinajstić information content (AvgIpc) is 2.50. The van der Waals surface area contributed by atoms with Crippen LogP contribution in [0.25, 0.3) is 11.1 Å². The van der Waals surface area contributed by atoms with Gasteiger partial charge in [0.25, 0.3) is 0 Å². The zero-order chi connectivity index (χ0) is 15.1. The molecule has 0 fully saturated rings. The summed E-state index contributed by atoms with van der Waals surface area (Å²) in [6, 6.07) is 16.0. The van der Waals surface area contributed by atoms with Crippen molar-refractivity contribution in [1.82, 2.24) is 0 Å². The second-order valence-corrected chi connectivity index (χ2v) is 5.90. The minimum absolute atomic E-state index is 1.17. The second-order valence-electron chi connectivity index (χ2n) is 5.90. The van der Waals surface area contributed by atoms with Gasteiger partial charge in [-0.2, -0.15) is 0 Å². The normalized spacial score (nSPS) is 10.8. The van der Waals surface area contributed by atoms with Crippen molar-refractivity contribution in [1.29, 1.82) is 0 Å². The van der Waals surface area contributed by atoms with E-state index in [-0.39, 0.29) is 0 Å². The predicted molar refractivity (Wildman–Crippen MR) is 93.9 cm³/mol. The summed E-state index contributed by atoms with van der Waals surface area (Å²) in [6.45, 7) is 6.78. The summed E-state index contributed by atoms with van der Waals surface area (Å²) in [5.74, 6) is 0. The van der Waals surface area contributed by atoms with Gasteiger partial charge in [-0.15, -0.1) is 0 Å². The molecule has 112 valence electrons. The van der Waals surface area contributed by atoms with Gasteiger partial charge in [-0.25, -0.2) is 0 Å². The Bertz CT molecular complexity index is 566. The summed E-state index contributed by atoms with van der Waals surface area (Å²) in [5, 5.41) is 0. The van der Waals surface area contributed by atoms with Crippen molar-refractivity contribution < 1.29 is 0 Å². The fourth-order valence-corrected chi connectivity index (χ4v) is 3.10. The zero-order valence-electron chi connectivity index (χ0n) is 13.8. The molecule has 0 nitrogen and oxygen atoms in total. The quantitative estimate of drug-likeness (QED) is 0.565. The summed E-state index contributed by atoms with van der Waals surface area (Å²) in [7, 11) is 0. The monoisotopic (exact) mass is 280 g/mol. The van der Waals surface area contributed by atoms with Gasteiger partial charge >= 0.3 is 0 Å². The smallest absolute Gasteiger partial charge is 0.0149 e. The molecule has 0 saturated carbocycles. The van der Waals surface area contributed by atoms with E-state index in [0.29, 0.717) is 0 Å². The van der Waals surface area contributed by atoms with Crippen LogP contribution in [0.5, 0.6) is 0 Å². The molecule has 0 bridgehead atoms. The van der Waals surface area contributed by atoms with Crippen LogP contribution in [0.2, 0.25) is 0 Å². The fourth-order valence-electron chi connectivity index (χ4n) is 3.10. The third-order valence-electron chi connectivity index (χ3n) is 4.05. The third kappa shape index (κ3) is 3.97. The van der Waals surface area contributed by atoms with Crippen LogP contribution in [0.4, 0.5) is 0 Å². The molecule has 2 rings (SSSR count). The lowest BCUT2D eigenvalue weighted by Crippen LogP contribution is -1.96. The van der Waals surface area contributed by atoms with E-state index in [1.807, 2.05) is 0 Å². The van der Waals surface area contributed by atoms with Crippen LogP contribution in [-0.4, -0.2) is 0 Å². The molecule has 0 spiro atoms. The molecule has 0 radical (unpaired) electrons. The summed E-state index contributed by atoms with van der Waals surface area (Å²) in [6.07, 6.45) is 7.16. The lowest BCUT2D eigenvalue weighted by Gasteiger charge is -2.15. The molecule has 0 heterocycles. The maximum absolute atomic E-state index is 2.44. The number of benzene rings is 2. The molecule has 2 aromatic carbocycles. The van der Waals surface area contributed by atoms with Crippen LogP contribution in [0, 0.1) is 0 Å². The predicted octanol–water partition coefficient (Wildman–Crippen LogP) is 6.21. The van der Waals surface area contributed by atoms with Gasteiger partial charge in [0.15, 0.2) is 0 Å². The molecule has 0 N–H and O–H groups in total. The summed E-state index contributed by atoms with van der Waals surface area (Å²) < 4.78 is 0. The lowest BCUT2D eigenvalue weighted by atomic mass is 9.90. The van der Waals surface area contributed by atoms with E-state index in [9.17, 15) is 0 Å². The highest BCUT2D eigenvalue weighted by atomic mass is 14.1. The van der Waals surface area contributed by atoms with Crippen molar-refractivity contribution in [2.24, 2.45) is 0 Å². The van der Waals surface area contributed by atoms with E-state index < -0.39 is 0 Å². The SMILES string of the molecule is CCCc1ccc(-c2ccccc2CCC)c(CCC)c1. The van der Waals surface area contributed by atoms with Crippen LogP contribution in [0.1, 0.15) is 56.7 Å². The number of rotatable bonds is 7. The molecule has 0 aliphatic carbocycles. The Morgan fingerprint density at radius 1 is 0.619 bits per heavy atom. The Morgan fingerprint density at radius 2 is 1.24 bits per heavy atom.